The molecule has 0 unspecified atom stereocenters. The van der Waals surface area contributed by atoms with Crippen molar-refractivity contribution in [3.63, 3.8) is 0 Å². The minimum atomic E-state index is -0.880. The second-order valence-corrected chi connectivity index (χ2v) is 4.88. The Morgan fingerprint density at radius 3 is 2.85 bits per heavy atom. The van der Waals surface area contributed by atoms with E-state index in [1.165, 1.54) is 6.07 Å². The van der Waals surface area contributed by atoms with Gasteiger partial charge in [-0.05, 0) is 30.7 Å². The molecule has 0 saturated carbocycles. The molecule has 0 saturated heterocycles. The third kappa shape index (κ3) is 5.57. The molecule has 0 bridgehead atoms. The summed E-state index contributed by atoms with van der Waals surface area (Å²) >= 11 is 0. The van der Waals surface area contributed by atoms with Crippen LogP contribution in [-0.2, 0) is 11.3 Å². The molecule has 5 heteroatoms. The fraction of sp³-hybridized carbons (Fsp3) is 0.533. The zero-order chi connectivity index (χ0) is 15.0. The molecule has 0 aliphatic heterocycles. The minimum absolute atomic E-state index is 0.00504. The van der Waals surface area contributed by atoms with Gasteiger partial charge in [-0.25, -0.2) is 4.39 Å². The number of hydrogen-bond acceptors (Lipinski definition) is 3. The Balaban J connectivity index is 2.63. The third-order valence-corrected chi connectivity index (χ3v) is 3.12. The monoisotopic (exact) mass is 282 g/mol. The maximum atomic E-state index is 13.8. The molecule has 1 aromatic rings. The standard InChI is InChI=1S/C15H23FN2O2/c1-3-4-8-17-11-12-5-6-13(16)14(10-12)18(2)9-7-15(19)20/h5-6,10,17H,3-4,7-9,11H2,1-2H3,(H,19,20). The number of hydrogen-bond donors (Lipinski definition) is 2. The van der Waals surface area contributed by atoms with Gasteiger partial charge in [0.15, 0.2) is 0 Å². The van der Waals surface area contributed by atoms with Crippen molar-refractivity contribution in [1.82, 2.24) is 5.32 Å². The molecular weight excluding hydrogens is 259 g/mol. The fourth-order valence-electron chi connectivity index (χ4n) is 1.88. The highest BCUT2D eigenvalue weighted by molar-refractivity contribution is 5.67. The number of halogens is 1. The van der Waals surface area contributed by atoms with Crippen LogP contribution in [0.15, 0.2) is 18.2 Å². The molecule has 0 amide bonds. The van der Waals surface area contributed by atoms with E-state index in [1.54, 1.807) is 24.1 Å². The highest BCUT2D eigenvalue weighted by atomic mass is 19.1. The van der Waals surface area contributed by atoms with Crippen LogP contribution in [0.5, 0.6) is 0 Å². The van der Waals surface area contributed by atoms with Gasteiger partial charge < -0.3 is 15.3 Å². The number of rotatable bonds is 9. The van der Waals surface area contributed by atoms with Crippen molar-refractivity contribution >= 4 is 11.7 Å². The number of nitrogens with one attached hydrogen (secondary N) is 1. The number of carboxylic acid groups (broad SMARTS) is 1. The minimum Gasteiger partial charge on any atom is -0.481 e. The molecule has 1 rings (SSSR count). The second-order valence-electron chi connectivity index (χ2n) is 4.88. The van der Waals surface area contributed by atoms with Gasteiger partial charge in [-0.3, -0.25) is 4.79 Å². The molecule has 0 aromatic heterocycles. The van der Waals surface area contributed by atoms with Gasteiger partial charge in [0.05, 0.1) is 12.1 Å². The molecular formula is C15H23FN2O2. The average molecular weight is 282 g/mol. The van der Waals surface area contributed by atoms with E-state index >= 15 is 0 Å². The van der Waals surface area contributed by atoms with Gasteiger partial charge in [-0.2, -0.15) is 0 Å². The van der Waals surface area contributed by atoms with Gasteiger partial charge in [0.25, 0.3) is 0 Å². The molecule has 0 radical (unpaired) electrons. The van der Waals surface area contributed by atoms with E-state index in [4.69, 9.17) is 5.11 Å². The van der Waals surface area contributed by atoms with Crippen LogP contribution in [0.3, 0.4) is 0 Å². The Labute approximate surface area is 119 Å². The highest BCUT2D eigenvalue weighted by Gasteiger charge is 2.10. The van der Waals surface area contributed by atoms with Gasteiger partial charge >= 0.3 is 5.97 Å². The SMILES string of the molecule is CCCCNCc1ccc(F)c(N(C)CCC(=O)O)c1. The maximum Gasteiger partial charge on any atom is 0.305 e. The van der Waals surface area contributed by atoms with Crippen molar-refractivity contribution in [3.8, 4) is 0 Å². The topological polar surface area (TPSA) is 52.6 Å². The fourth-order valence-corrected chi connectivity index (χ4v) is 1.88. The predicted octanol–water partition coefficient (Wildman–Crippen LogP) is 2.63. The largest absolute Gasteiger partial charge is 0.481 e. The van der Waals surface area contributed by atoms with E-state index in [0.717, 1.165) is 24.9 Å². The summed E-state index contributed by atoms with van der Waals surface area (Å²) in [6.07, 6.45) is 2.25. The van der Waals surface area contributed by atoms with Crippen LogP contribution in [-0.4, -0.2) is 31.2 Å². The average Bonchev–Trinajstić information content (AvgIpc) is 2.42. The number of unbranched alkanes of at least 4 members (excludes halogenated alkanes) is 1. The summed E-state index contributed by atoms with van der Waals surface area (Å²) in [7, 11) is 1.70. The third-order valence-electron chi connectivity index (χ3n) is 3.12. The van der Waals surface area contributed by atoms with E-state index in [1.807, 2.05) is 0 Å². The summed E-state index contributed by atoms with van der Waals surface area (Å²) in [4.78, 5) is 12.2. The van der Waals surface area contributed by atoms with E-state index in [9.17, 15) is 9.18 Å². The summed E-state index contributed by atoms with van der Waals surface area (Å²) in [6, 6.07) is 4.96. The quantitative estimate of drug-likeness (QED) is 0.684. The molecule has 2 N–H and O–H groups in total. The summed E-state index contributed by atoms with van der Waals surface area (Å²) in [5.74, 6) is -1.20. The van der Waals surface area contributed by atoms with Crippen molar-refractivity contribution < 1.29 is 14.3 Å². The van der Waals surface area contributed by atoms with Crippen LogP contribution < -0.4 is 10.2 Å². The molecule has 0 heterocycles. The van der Waals surface area contributed by atoms with Gasteiger partial charge in [-0.15, -0.1) is 0 Å². The number of carboxylic acids is 1. The first-order valence-corrected chi connectivity index (χ1v) is 6.96. The van der Waals surface area contributed by atoms with Crippen molar-refractivity contribution in [2.45, 2.75) is 32.7 Å². The van der Waals surface area contributed by atoms with Crippen LogP contribution in [0.25, 0.3) is 0 Å². The van der Waals surface area contributed by atoms with Gasteiger partial charge in [0.2, 0.25) is 0 Å². The van der Waals surface area contributed by atoms with Crippen molar-refractivity contribution in [2.24, 2.45) is 0 Å². The Morgan fingerprint density at radius 1 is 1.45 bits per heavy atom. The molecule has 0 atom stereocenters. The van der Waals surface area contributed by atoms with Crippen LogP contribution in [0, 0.1) is 5.82 Å². The van der Waals surface area contributed by atoms with E-state index in [-0.39, 0.29) is 12.2 Å². The lowest BCUT2D eigenvalue weighted by Crippen LogP contribution is -2.22. The molecule has 0 fully saturated rings. The van der Waals surface area contributed by atoms with Gasteiger partial charge in [0, 0.05) is 20.1 Å². The molecule has 20 heavy (non-hydrogen) atoms. The summed E-state index contributed by atoms with van der Waals surface area (Å²) < 4.78 is 13.8. The van der Waals surface area contributed by atoms with Crippen LogP contribution in [0.1, 0.15) is 31.7 Å². The van der Waals surface area contributed by atoms with Crippen LogP contribution in [0.4, 0.5) is 10.1 Å². The highest BCUT2D eigenvalue weighted by Crippen LogP contribution is 2.20. The summed E-state index contributed by atoms with van der Waals surface area (Å²) in [5.41, 5.74) is 1.45. The lowest BCUT2D eigenvalue weighted by atomic mass is 10.1. The molecule has 0 aliphatic carbocycles. The van der Waals surface area contributed by atoms with Gasteiger partial charge in [0.1, 0.15) is 5.82 Å². The van der Waals surface area contributed by atoms with E-state index < -0.39 is 5.97 Å². The van der Waals surface area contributed by atoms with Crippen molar-refractivity contribution in [1.29, 1.82) is 0 Å². The maximum absolute atomic E-state index is 13.8. The molecule has 112 valence electrons. The first-order chi connectivity index (χ1) is 9.54. The summed E-state index contributed by atoms with van der Waals surface area (Å²) in [6.45, 7) is 4.06. The molecule has 0 spiro atoms. The van der Waals surface area contributed by atoms with Gasteiger partial charge in [-0.1, -0.05) is 19.4 Å². The first kappa shape index (κ1) is 16.4. The zero-order valence-electron chi connectivity index (χ0n) is 12.2. The predicted molar refractivity (Wildman–Crippen MR) is 78.5 cm³/mol. The lowest BCUT2D eigenvalue weighted by Gasteiger charge is -2.20. The number of aliphatic carboxylic acids is 1. The molecule has 4 nitrogen and oxygen atoms in total. The Morgan fingerprint density at radius 2 is 2.20 bits per heavy atom. The van der Waals surface area contributed by atoms with Crippen molar-refractivity contribution in [3.05, 3.63) is 29.6 Å². The lowest BCUT2D eigenvalue weighted by molar-refractivity contribution is -0.136. The number of benzene rings is 1. The number of carbonyl (C=O) groups is 1. The normalized spacial score (nSPS) is 10.6. The van der Waals surface area contributed by atoms with E-state index in [2.05, 4.69) is 12.2 Å². The Bertz CT molecular complexity index is 438. The molecule has 0 aliphatic rings. The smallest absolute Gasteiger partial charge is 0.305 e. The summed E-state index contributed by atoms with van der Waals surface area (Å²) in [5, 5.41) is 12.0. The Hall–Kier alpha value is -1.62. The second kappa shape index (κ2) is 8.53. The number of nitrogens with zero attached hydrogens (tertiary/aromatic N) is 1. The zero-order valence-corrected chi connectivity index (χ0v) is 12.2. The van der Waals surface area contributed by atoms with Crippen LogP contribution >= 0.6 is 0 Å². The van der Waals surface area contributed by atoms with E-state index in [0.29, 0.717) is 18.8 Å². The van der Waals surface area contributed by atoms with Crippen LogP contribution in [0.2, 0.25) is 0 Å². The molecule has 1 aromatic carbocycles. The number of anilines is 1. The first-order valence-electron chi connectivity index (χ1n) is 6.96. The Kier molecular flexibility index (Phi) is 7.01. The van der Waals surface area contributed by atoms with Crippen molar-refractivity contribution in [2.75, 3.05) is 25.0 Å².